The Morgan fingerprint density at radius 3 is 1.95 bits per heavy atom. The van der Waals surface area contributed by atoms with Crippen LogP contribution in [-0.4, -0.2) is 16.6 Å². The second kappa shape index (κ2) is 6.08. The van der Waals surface area contributed by atoms with Crippen LogP contribution in [0.2, 0.25) is 0 Å². The van der Waals surface area contributed by atoms with E-state index in [1.54, 1.807) is 6.92 Å². The van der Waals surface area contributed by atoms with Crippen LogP contribution in [0.15, 0.2) is 11.6 Å². The molecule has 3 nitrogen and oxygen atoms in total. The molecule has 0 aliphatic heterocycles. The van der Waals surface area contributed by atoms with Gasteiger partial charge in [0, 0.05) is 5.57 Å². The predicted molar refractivity (Wildman–Crippen MR) is 76.4 cm³/mol. The van der Waals surface area contributed by atoms with Gasteiger partial charge in [-0.2, -0.15) is 0 Å². The van der Waals surface area contributed by atoms with Crippen molar-refractivity contribution in [3.63, 3.8) is 0 Å². The van der Waals surface area contributed by atoms with Gasteiger partial charge in [0.1, 0.15) is 0 Å². The molecule has 2 rings (SSSR count). The number of hydrogen-bond donors (Lipinski definition) is 2. The van der Waals surface area contributed by atoms with Gasteiger partial charge in [0.05, 0.1) is 5.60 Å². The second-order valence-corrected chi connectivity index (χ2v) is 6.41. The maximum Gasteiger partial charge on any atom is 0.244 e. The largest absolute Gasteiger partial charge is 0.389 e. The Kier molecular flexibility index (Phi) is 4.67. The van der Waals surface area contributed by atoms with Crippen LogP contribution in [0.25, 0.3) is 0 Å². The quantitative estimate of drug-likeness (QED) is 0.751. The van der Waals surface area contributed by atoms with E-state index in [-0.39, 0.29) is 5.91 Å². The van der Waals surface area contributed by atoms with Crippen molar-refractivity contribution in [3.8, 4) is 0 Å². The Balaban J connectivity index is 2.13. The summed E-state index contributed by atoms with van der Waals surface area (Å²) in [5.74, 6) is 0.445. The molecule has 0 unspecified atom stereocenters. The van der Waals surface area contributed by atoms with Gasteiger partial charge in [-0.25, -0.2) is 0 Å². The van der Waals surface area contributed by atoms with Crippen molar-refractivity contribution in [3.05, 3.63) is 11.6 Å². The molecule has 0 spiro atoms. The minimum atomic E-state index is -0.607. The molecule has 0 atom stereocenters. The Bertz CT molecular complexity index is 334. The van der Waals surface area contributed by atoms with E-state index >= 15 is 0 Å². The van der Waals surface area contributed by atoms with Gasteiger partial charge in [0.15, 0.2) is 0 Å². The molecule has 0 saturated heterocycles. The predicted octanol–water partition coefficient (Wildman–Crippen LogP) is 2.92. The summed E-state index contributed by atoms with van der Waals surface area (Å²) in [6.45, 7) is 1.74. The molecular formula is C16H27NO2. The van der Waals surface area contributed by atoms with Crippen molar-refractivity contribution in [2.24, 2.45) is 17.6 Å². The summed E-state index contributed by atoms with van der Waals surface area (Å²) in [4.78, 5) is 11.1. The molecule has 19 heavy (non-hydrogen) atoms. The average Bonchev–Trinajstić information content (AvgIpc) is 3.06. The molecule has 2 saturated carbocycles. The van der Waals surface area contributed by atoms with Crippen LogP contribution in [0.5, 0.6) is 0 Å². The molecule has 0 heterocycles. The lowest BCUT2D eigenvalue weighted by molar-refractivity contribution is -0.114. The molecule has 0 bridgehead atoms. The van der Waals surface area contributed by atoms with E-state index < -0.39 is 5.60 Å². The molecule has 0 aromatic heterocycles. The van der Waals surface area contributed by atoms with Crippen LogP contribution in [-0.2, 0) is 4.79 Å². The van der Waals surface area contributed by atoms with E-state index in [1.807, 2.05) is 6.08 Å². The SMILES string of the molecule is C/C(=C\CC(O)(C1CCCC1)C1CCCC1)C(N)=O. The fourth-order valence-electron chi connectivity index (χ4n) is 3.94. The smallest absolute Gasteiger partial charge is 0.244 e. The average molecular weight is 265 g/mol. The third-order valence-corrected chi connectivity index (χ3v) is 5.25. The summed E-state index contributed by atoms with van der Waals surface area (Å²) in [5.41, 5.74) is 5.25. The molecule has 108 valence electrons. The van der Waals surface area contributed by atoms with Gasteiger partial charge >= 0.3 is 0 Å². The van der Waals surface area contributed by atoms with Gasteiger partial charge in [0.2, 0.25) is 5.91 Å². The lowest BCUT2D eigenvalue weighted by atomic mass is 9.72. The topological polar surface area (TPSA) is 63.3 Å². The number of primary amides is 1. The zero-order chi connectivity index (χ0) is 13.9. The number of rotatable bonds is 5. The molecule has 2 aliphatic rings. The standard InChI is InChI=1S/C16H27NO2/c1-12(15(17)18)10-11-16(19,13-6-2-3-7-13)14-8-4-5-9-14/h10,13-14,19H,2-9,11H2,1H3,(H2,17,18)/b12-10+. The highest BCUT2D eigenvalue weighted by molar-refractivity contribution is 5.91. The fourth-order valence-corrected chi connectivity index (χ4v) is 3.94. The van der Waals surface area contributed by atoms with Crippen LogP contribution in [0, 0.1) is 11.8 Å². The number of amides is 1. The monoisotopic (exact) mass is 265 g/mol. The highest BCUT2D eigenvalue weighted by Crippen LogP contribution is 2.46. The number of hydrogen-bond acceptors (Lipinski definition) is 2. The molecule has 0 aromatic rings. The number of carbonyl (C=O) groups excluding carboxylic acids is 1. The van der Waals surface area contributed by atoms with Gasteiger partial charge in [-0.1, -0.05) is 31.8 Å². The van der Waals surface area contributed by atoms with Crippen LogP contribution in [0.1, 0.15) is 64.7 Å². The number of carbonyl (C=O) groups is 1. The summed E-state index contributed by atoms with van der Waals surface area (Å²) in [7, 11) is 0. The first-order valence-electron chi connectivity index (χ1n) is 7.73. The minimum absolute atomic E-state index is 0.375. The highest BCUT2D eigenvalue weighted by atomic mass is 16.3. The highest BCUT2D eigenvalue weighted by Gasteiger charge is 2.44. The molecule has 1 amide bonds. The van der Waals surface area contributed by atoms with Crippen LogP contribution in [0.4, 0.5) is 0 Å². The maximum absolute atomic E-state index is 11.2. The lowest BCUT2D eigenvalue weighted by Gasteiger charge is -2.39. The van der Waals surface area contributed by atoms with Gasteiger partial charge < -0.3 is 10.8 Å². The van der Waals surface area contributed by atoms with E-state index in [0.29, 0.717) is 23.8 Å². The molecule has 3 heteroatoms. The van der Waals surface area contributed by atoms with Crippen LogP contribution in [0.3, 0.4) is 0 Å². The van der Waals surface area contributed by atoms with Crippen molar-refractivity contribution in [1.29, 1.82) is 0 Å². The summed E-state index contributed by atoms with van der Waals surface area (Å²) < 4.78 is 0. The Morgan fingerprint density at radius 2 is 1.58 bits per heavy atom. The zero-order valence-corrected chi connectivity index (χ0v) is 12.0. The van der Waals surface area contributed by atoms with Crippen LogP contribution < -0.4 is 5.73 Å². The van der Waals surface area contributed by atoms with E-state index in [1.165, 1.54) is 25.7 Å². The molecular weight excluding hydrogens is 238 g/mol. The molecule has 0 radical (unpaired) electrons. The van der Waals surface area contributed by atoms with Crippen LogP contribution >= 0.6 is 0 Å². The van der Waals surface area contributed by atoms with E-state index in [2.05, 4.69) is 0 Å². The third kappa shape index (κ3) is 3.19. The first kappa shape index (κ1) is 14.6. The van der Waals surface area contributed by atoms with E-state index in [9.17, 15) is 9.90 Å². The molecule has 2 aliphatic carbocycles. The molecule has 2 fully saturated rings. The Hall–Kier alpha value is -0.830. The fraction of sp³-hybridized carbons (Fsp3) is 0.812. The van der Waals surface area contributed by atoms with Gasteiger partial charge in [-0.15, -0.1) is 0 Å². The lowest BCUT2D eigenvalue weighted by Crippen LogP contribution is -2.43. The van der Waals surface area contributed by atoms with Crippen molar-refractivity contribution >= 4 is 5.91 Å². The van der Waals surface area contributed by atoms with Crippen molar-refractivity contribution in [1.82, 2.24) is 0 Å². The summed E-state index contributed by atoms with van der Waals surface area (Å²) in [6, 6.07) is 0. The van der Waals surface area contributed by atoms with Gasteiger partial charge in [0.25, 0.3) is 0 Å². The number of nitrogens with two attached hydrogens (primary N) is 1. The maximum atomic E-state index is 11.2. The zero-order valence-electron chi connectivity index (χ0n) is 12.0. The summed E-state index contributed by atoms with van der Waals surface area (Å²) in [6.07, 6.45) is 11.9. The first-order chi connectivity index (χ1) is 9.04. The van der Waals surface area contributed by atoms with Crippen molar-refractivity contribution < 1.29 is 9.90 Å². The normalized spacial score (nSPS) is 23.2. The molecule has 0 aromatic carbocycles. The number of aliphatic hydroxyl groups is 1. The van der Waals surface area contributed by atoms with Gasteiger partial charge in [-0.05, 0) is 50.9 Å². The first-order valence-corrected chi connectivity index (χ1v) is 7.73. The molecule has 3 N–H and O–H groups in total. The van der Waals surface area contributed by atoms with Gasteiger partial charge in [-0.3, -0.25) is 4.79 Å². The van der Waals surface area contributed by atoms with E-state index in [4.69, 9.17) is 5.73 Å². The Morgan fingerprint density at radius 1 is 1.16 bits per heavy atom. The third-order valence-electron chi connectivity index (χ3n) is 5.25. The second-order valence-electron chi connectivity index (χ2n) is 6.41. The summed E-state index contributed by atoms with van der Waals surface area (Å²) >= 11 is 0. The van der Waals surface area contributed by atoms with Crippen molar-refractivity contribution in [2.75, 3.05) is 0 Å². The summed E-state index contributed by atoms with van der Waals surface area (Å²) in [5, 5.41) is 11.2. The van der Waals surface area contributed by atoms with Crippen molar-refractivity contribution in [2.45, 2.75) is 70.3 Å². The Labute approximate surface area is 116 Å². The minimum Gasteiger partial charge on any atom is -0.389 e. The van der Waals surface area contributed by atoms with E-state index in [0.717, 1.165) is 25.7 Å².